The van der Waals surface area contributed by atoms with Crippen molar-refractivity contribution in [1.29, 1.82) is 0 Å². The Balaban J connectivity index is 2.57. The van der Waals surface area contributed by atoms with E-state index >= 15 is 0 Å². The van der Waals surface area contributed by atoms with E-state index in [0.29, 0.717) is 32.2 Å². The molecule has 0 bridgehead atoms. The largest absolute Gasteiger partial charge is 0.469 e. The minimum atomic E-state index is -0.722. The first-order valence-electron chi connectivity index (χ1n) is 8.89. The van der Waals surface area contributed by atoms with Crippen LogP contribution in [0.3, 0.4) is 0 Å². The molecule has 0 saturated heterocycles. The smallest absolute Gasteiger partial charge is 0.191 e. The standard InChI is InChI=1S/C18H33N3O3/c1-4-9-18(22,10-5-2)15-21-17(20-12-14-23-3)19-11-8-16-7-6-13-24-16/h6-7,13,22H,4-5,8-12,14-15H2,1-3H3,(H2,19,20,21). The van der Waals surface area contributed by atoms with Gasteiger partial charge in [0.05, 0.1) is 25.0 Å². The van der Waals surface area contributed by atoms with Crippen LogP contribution in [0.25, 0.3) is 0 Å². The summed E-state index contributed by atoms with van der Waals surface area (Å²) in [4.78, 5) is 4.58. The third kappa shape index (κ3) is 8.36. The summed E-state index contributed by atoms with van der Waals surface area (Å²) in [5.74, 6) is 1.64. The molecule has 0 saturated carbocycles. The molecule has 0 aliphatic heterocycles. The highest BCUT2D eigenvalue weighted by atomic mass is 16.5. The van der Waals surface area contributed by atoms with Gasteiger partial charge in [-0.25, -0.2) is 0 Å². The SMILES string of the molecule is CCCC(O)(CCC)CN=C(NCCOC)NCCc1ccco1. The number of aliphatic imine (C=N–C) groups is 1. The van der Waals surface area contributed by atoms with Crippen molar-refractivity contribution in [2.24, 2.45) is 4.99 Å². The molecule has 138 valence electrons. The van der Waals surface area contributed by atoms with E-state index in [0.717, 1.165) is 37.9 Å². The number of methoxy groups -OCH3 is 1. The van der Waals surface area contributed by atoms with Gasteiger partial charge in [0.25, 0.3) is 0 Å². The second-order valence-corrected chi connectivity index (χ2v) is 6.06. The summed E-state index contributed by atoms with van der Waals surface area (Å²) in [6.07, 6.45) is 5.89. The molecule has 0 aliphatic carbocycles. The van der Waals surface area contributed by atoms with Crippen molar-refractivity contribution >= 4 is 5.96 Å². The van der Waals surface area contributed by atoms with Crippen LogP contribution in [0.1, 0.15) is 45.3 Å². The average Bonchev–Trinajstić information content (AvgIpc) is 3.06. The van der Waals surface area contributed by atoms with E-state index in [1.165, 1.54) is 0 Å². The Morgan fingerprint density at radius 3 is 2.54 bits per heavy atom. The third-order valence-corrected chi connectivity index (χ3v) is 3.80. The van der Waals surface area contributed by atoms with Crippen LogP contribution >= 0.6 is 0 Å². The van der Waals surface area contributed by atoms with Gasteiger partial charge in [-0.15, -0.1) is 0 Å². The molecule has 0 radical (unpaired) electrons. The summed E-state index contributed by atoms with van der Waals surface area (Å²) < 4.78 is 10.4. The number of nitrogens with one attached hydrogen (secondary N) is 2. The quantitative estimate of drug-likeness (QED) is 0.309. The molecular weight excluding hydrogens is 306 g/mol. The minimum absolute atomic E-state index is 0.401. The van der Waals surface area contributed by atoms with Gasteiger partial charge in [0.1, 0.15) is 5.76 Å². The highest BCUT2D eigenvalue weighted by Gasteiger charge is 2.24. The van der Waals surface area contributed by atoms with Crippen molar-refractivity contribution in [3.8, 4) is 0 Å². The van der Waals surface area contributed by atoms with Gasteiger partial charge < -0.3 is 24.9 Å². The van der Waals surface area contributed by atoms with E-state index in [-0.39, 0.29) is 0 Å². The number of nitrogens with zero attached hydrogens (tertiary/aromatic N) is 1. The first-order chi connectivity index (χ1) is 11.6. The summed E-state index contributed by atoms with van der Waals surface area (Å²) in [5.41, 5.74) is -0.722. The summed E-state index contributed by atoms with van der Waals surface area (Å²) >= 11 is 0. The monoisotopic (exact) mass is 339 g/mol. The molecule has 1 rings (SSSR count). The number of hydrogen-bond donors (Lipinski definition) is 3. The Morgan fingerprint density at radius 1 is 1.25 bits per heavy atom. The number of furan rings is 1. The zero-order valence-corrected chi connectivity index (χ0v) is 15.3. The highest BCUT2D eigenvalue weighted by Crippen LogP contribution is 2.19. The molecule has 24 heavy (non-hydrogen) atoms. The Bertz CT molecular complexity index is 440. The lowest BCUT2D eigenvalue weighted by molar-refractivity contribution is 0.0306. The van der Waals surface area contributed by atoms with Crippen molar-refractivity contribution < 1.29 is 14.3 Å². The summed E-state index contributed by atoms with van der Waals surface area (Å²) in [6.45, 7) is 6.56. The van der Waals surface area contributed by atoms with Crippen molar-refractivity contribution in [2.75, 3.05) is 33.4 Å². The van der Waals surface area contributed by atoms with Gasteiger partial charge in [0, 0.05) is 26.6 Å². The van der Waals surface area contributed by atoms with Gasteiger partial charge in [-0.3, -0.25) is 4.99 Å². The van der Waals surface area contributed by atoms with E-state index < -0.39 is 5.60 Å². The van der Waals surface area contributed by atoms with Gasteiger partial charge in [-0.05, 0) is 25.0 Å². The highest BCUT2D eigenvalue weighted by molar-refractivity contribution is 5.79. The van der Waals surface area contributed by atoms with E-state index in [1.807, 2.05) is 12.1 Å². The van der Waals surface area contributed by atoms with E-state index in [2.05, 4.69) is 29.5 Å². The Morgan fingerprint density at radius 2 is 1.96 bits per heavy atom. The van der Waals surface area contributed by atoms with Gasteiger partial charge in [-0.1, -0.05) is 26.7 Å². The van der Waals surface area contributed by atoms with E-state index in [9.17, 15) is 5.11 Å². The maximum absolute atomic E-state index is 10.7. The van der Waals surface area contributed by atoms with Crippen molar-refractivity contribution in [3.05, 3.63) is 24.2 Å². The first kappa shape index (κ1) is 20.5. The van der Waals surface area contributed by atoms with Crippen molar-refractivity contribution in [3.63, 3.8) is 0 Å². The lowest BCUT2D eigenvalue weighted by Gasteiger charge is -2.26. The zero-order valence-electron chi connectivity index (χ0n) is 15.3. The fourth-order valence-electron chi connectivity index (χ4n) is 2.64. The number of guanidine groups is 1. The average molecular weight is 339 g/mol. The van der Waals surface area contributed by atoms with Crippen LogP contribution in [-0.4, -0.2) is 50.0 Å². The second kappa shape index (κ2) is 11.9. The molecule has 1 heterocycles. The molecule has 0 atom stereocenters. The molecule has 0 aliphatic rings. The normalized spacial score (nSPS) is 12.4. The van der Waals surface area contributed by atoms with E-state index in [4.69, 9.17) is 9.15 Å². The van der Waals surface area contributed by atoms with Gasteiger partial charge >= 0.3 is 0 Å². The maximum atomic E-state index is 10.7. The zero-order chi connectivity index (χ0) is 17.7. The van der Waals surface area contributed by atoms with Gasteiger partial charge in [0.2, 0.25) is 0 Å². The first-order valence-corrected chi connectivity index (χ1v) is 8.89. The lowest BCUT2D eigenvalue weighted by Crippen LogP contribution is -2.42. The number of ether oxygens (including phenoxy) is 1. The van der Waals surface area contributed by atoms with Gasteiger partial charge in [0.15, 0.2) is 5.96 Å². The van der Waals surface area contributed by atoms with Crippen molar-refractivity contribution in [2.45, 2.75) is 51.6 Å². The van der Waals surface area contributed by atoms with Crippen LogP contribution in [0.4, 0.5) is 0 Å². The molecule has 0 fully saturated rings. The lowest BCUT2D eigenvalue weighted by atomic mass is 9.93. The second-order valence-electron chi connectivity index (χ2n) is 6.06. The van der Waals surface area contributed by atoms with Crippen LogP contribution in [0, 0.1) is 0 Å². The summed E-state index contributed by atoms with van der Waals surface area (Å²) in [6, 6.07) is 3.84. The number of aliphatic hydroxyl groups is 1. The molecular formula is C18H33N3O3. The molecule has 6 nitrogen and oxygen atoms in total. The molecule has 3 N–H and O–H groups in total. The fourth-order valence-corrected chi connectivity index (χ4v) is 2.64. The van der Waals surface area contributed by atoms with Crippen molar-refractivity contribution in [1.82, 2.24) is 10.6 Å². The summed E-state index contributed by atoms with van der Waals surface area (Å²) in [7, 11) is 1.67. The van der Waals surface area contributed by atoms with E-state index in [1.54, 1.807) is 13.4 Å². The van der Waals surface area contributed by atoms with Gasteiger partial charge in [-0.2, -0.15) is 0 Å². The molecule has 0 unspecified atom stereocenters. The maximum Gasteiger partial charge on any atom is 0.191 e. The Labute approximate surface area is 145 Å². The predicted molar refractivity (Wildman–Crippen MR) is 97.4 cm³/mol. The molecule has 0 aromatic carbocycles. The molecule has 1 aromatic rings. The fraction of sp³-hybridized carbons (Fsp3) is 0.722. The molecule has 0 amide bonds. The predicted octanol–water partition coefficient (Wildman–Crippen LogP) is 2.33. The Kier molecular flexibility index (Phi) is 10.2. The summed E-state index contributed by atoms with van der Waals surface area (Å²) in [5, 5.41) is 17.2. The van der Waals surface area contributed by atoms with Crippen LogP contribution in [0.5, 0.6) is 0 Å². The topological polar surface area (TPSA) is 79.0 Å². The molecule has 1 aromatic heterocycles. The minimum Gasteiger partial charge on any atom is -0.469 e. The molecule has 0 spiro atoms. The Hall–Kier alpha value is -1.53. The van der Waals surface area contributed by atoms with Crippen LogP contribution < -0.4 is 10.6 Å². The van der Waals surface area contributed by atoms with Crippen LogP contribution in [-0.2, 0) is 11.2 Å². The number of hydrogen-bond acceptors (Lipinski definition) is 4. The van der Waals surface area contributed by atoms with Crippen LogP contribution in [0.2, 0.25) is 0 Å². The molecule has 6 heteroatoms. The number of rotatable bonds is 12. The third-order valence-electron chi connectivity index (χ3n) is 3.80. The van der Waals surface area contributed by atoms with Crippen LogP contribution in [0.15, 0.2) is 27.8 Å².